The van der Waals surface area contributed by atoms with Crippen molar-refractivity contribution in [2.45, 2.75) is 12.8 Å². The van der Waals surface area contributed by atoms with Crippen LogP contribution in [-0.4, -0.2) is 45.4 Å². The molecule has 0 spiro atoms. The summed E-state index contributed by atoms with van der Waals surface area (Å²) in [5.74, 6) is 0.504. The van der Waals surface area contributed by atoms with E-state index in [1.54, 1.807) is 10.9 Å². The molecular formula is C16H19N3O2. The smallest absolute Gasteiger partial charge is 0.253 e. The van der Waals surface area contributed by atoms with E-state index >= 15 is 0 Å². The topological polar surface area (TPSA) is 58.4 Å². The van der Waals surface area contributed by atoms with Crippen LogP contribution >= 0.6 is 0 Å². The summed E-state index contributed by atoms with van der Waals surface area (Å²) >= 11 is 0. The Bertz CT molecular complexity index is 592. The third-order valence-electron chi connectivity index (χ3n) is 3.99. The average molecular weight is 285 g/mol. The van der Waals surface area contributed by atoms with E-state index in [2.05, 4.69) is 5.10 Å². The SMILES string of the molecule is O=C(c1ccc(-n2cccn2)cc1)N1CCC(CCO)C1. The molecule has 5 nitrogen and oxygen atoms in total. The summed E-state index contributed by atoms with van der Waals surface area (Å²) < 4.78 is 1.77. The first-order valence-corrected chi connectivity index (χ1v) is 7.28. The van der Waals surface area contributed by atoms with Crippen molar-refractivity contribution in [2.24, 2.45) is 5.92 Å². The van der Waals surface area contributed by atoms with Gasteiger partial charge in [-0.15, -0.1) is 0 Å². The molecule has 1 fully saturated rings. The second-order valence-corrected chi connectivity index (χ2v) is 5.42. The van der Waals surface area contributed by atoms with Gasteiger partial charge in [-0.25, -0.2) is 4.68 Å². The third kappa shape index (κ3) is 2.97. The van der Waals surface area contributed by atoms with E-state index in [0.29, 0.717) is 11.5 Å². The molecule has 1 aromatic carbocycles. The summed E-state index contributed by atoms with van der Waals surface area (Å²) in [5, 5.41) is 13.1. The Balaban J connectivity index is 1.68. The molecule has 1 amide bonds. The minimum atomic E-state index is 0.0717. The van der Waals surface area contributed by atoms with Gasteiger partial charge in [0.15, 0.2) is 0 Å². The van der Waals surface area contributed by atoms with Gasteiger partial charge in [-0.2, -0.15) is 5.10 Å². The molecule has 2 heterocycles. The van der Waals surface area contributed by atoms with Gasteiger partial charge in [-0.05, 0) is 49.1 Å². The van der Waals surface area contributed by atoms with Crippen LogP contribution in [0, 0.1) is 5.92 Å². The minimum Gasteiger partial charge on any atom is -0.396 e. The number of aliphatic hydroxyl groups excluding tert-OH is 1. The number of hydrogen-bond acceptors (Lipinski definition) is 3. The van der Waals surface area contributed by atoms with Crippen LogP contribution in [0.2, 0.25) is 0 Å². The van der Waals surface area contributed by atoms with Crippen molar-refractivity contribution in [2.75, 3.05) is 19.7 Å². The predicted octanol–water partition coefficient (Wildman–Crippen LogP) is 1.72. The number of hydrogen-bond donors (Lipinski definition) is 1. The monoisotopic (exact) mass is 285 g/mol. The summed E-state index contributed by atoms with van der Waals surface area (Å²) in [6, 6.07) is 9.37. The standard InChI is InChI=1S/C16H19N3O2/c20-11-7-13-6-10-18(12-13)16(21)14-2-4-15(5-3-14)19-9-1-8-17-19/h1-5,8-9,13,20H,6-7,10-12H2. The molecule has 1 unspecified atom stereocenters. The molecule has 0 bridgehead atoms. The Kier molecular flexibility index (Phi) is 4.01. The first-order chi connectivity index (χ1) is 10.3. The molecule has 1 atom stereocenters. The van der Waals surface area contributed by atoms with Gasteiger partial charge >= 0.3 is 0 Å². The first-order valence-electron chi connectivity index (χ1n) is 7.28. The van der Waals surface area contributed by atoms with E-state index in [1.165, 1.54) is 0 Å². The van der Waals surface area contributed by atoms with Crippen molar-refractivity contribution in [3.63, 3.8) is 0 Å². The van der Waals surface area contributed by atoms with Gasteiger partial charge in [0.05, 0.1) is 5.69 Å². The lowest BCUT2D eigenvalue weighted by molar-refractivity contribution is 0.0785. The van der Waals surface area contributed by atoms with Crippen LogP contribution < -0.4 is 0 Å². The highest BCUT2D eigenvalue weighted by molar-refractivity contribution is 5.94. The number of benzene rings is 1. The number of rotatable bonds is 4. The molecule has 110 valence electrons. The number of aliphatic hydroxyl groups is 1. The van der Waals surface area contributed by atoms with Crippen LogP contribution in [0.25, 0.3) is 5.69 Å². The lowest BCUT2D eigenvalue weighted by Crippen LogP contribution is -2.28. The quantitative estimate of drug-likeness (QED) is 0.930. The Morgan fingerprint density at radius 2 is 2.14 bits per heavy atom. The van der Waals surface area contributed by atoms with Crippen LogP contribution in [0.3, 0.4) is 0 Å². The highest BCUT2D eigenvalue weighted by Crippen LogP contribution is 2.21. The van der Waals surface area contributed by atoms with Gasteiger partial charge in [0.2, 0.25) is 0 Å². The van der Waals surface area contributed by atoms with Crippen LogP contribution in [0.15, 0.2) is 42.7 Å². The van der Waals surface area contributed by atoms with Gasteiger partial charge in [0, 0.05) is 37.7 Å². The molecular weight excluding hydrogens is 266 g/mol. The Morgan fingerprint density at radius 3 is 2.81 bits per heavy atom. The molecule has 1 N–H and O–H groups in total. The fourth-order valence-corrected chi connectivity index (χ4v) is 2.80. The van der Waals surface area contributed by atoms with Crippen LogP contribution in [0.5, 0.6) is 0 Å². The second-order valence-electron chi connectivity index (χ2n) is 5.42. The molecule has 1 aliphatic heterocycles. The molecule has 5 heteroatoms. The number of amides is 1. The fraction of sp³-hybridized carbons (Fsp3) is 0.375. The van der Waals surface area contributed by atoms with Gasteiger partial charge in [0.25, 0.3) is 5.91 Å². The molecule has 1 aliphatic rings. The number of nitrogens with zero attached hydrogens (tertiary/aromatic N) is 3. The first kappa shape index (κ1) is 13.8. The number of aromatic nitrogens is 2. The molecule has 2 aromatic rings. The third-order valence-corrected chi connectivity index (χ3v) is 3.99. The lowest BCUT2D eigenvalue weighted by Gasteiger charge is -2.16. The summed E-state index contributed by atoms with van der Waals surface area (Å²) in [6.07, 6.45) is 5.36. The fourth-order valence-electron chi connectivity index (χ4n) is 2.80. The van der Waals surface area contributed by atoms with E-state index in [0.717, 1.165) is 31.6 Å². The van der Waals surface area contributed by atoms with Crippen molar-refractivity contribution < 1.29 is 9.90 Å². The lowest BCUT2D eigenvalue weighted by atomic mass is 10.1. The summed E-state index contributed by atoms with van der Waals surface area (Å²) in [4.78, 5) is 14.3. The predicted molar refractivity (Wildman–Crippen MR) is 79.3 cm³/mol. The van der Waals surface area contributed by atoms with Gasteiger partial charge in [0.1, 0.15) is 0 Å². The van der Waals surface area contributed by atoms with Crippen LogP contribution in [-0.2, 0) is 0 Å². The average Bonchev–Trinajstić information content (AvgIpc) is 3.19. The van der Waals surface area contributed by atoms with E-state index in [1.807, 2.05) is 41.4 Å². The molecule has 0 aliphatic carbocycles. The second kappa shape index (κ2) is 6.10. The largest absolute Gasteiger partial charge is 0.396 e. The molecule has 1 saturated heterocycles. The maximum Gasteiger partial charge on any atom is 0.253 e. The number of likely N-dealkylation sites (tertiary alicyclic amines) is 1. The highest BCUT2D eigenvalue weighted by atomic mass is 16.3. The zero-order valence-electron chi connectivity index (χ0n) is 11.9. The minimum absolute atomic E-state index is 0.0717. The maximum atomic E-state index is 12.4. The number of carbonyl (C=O) groups is 1. The highest BCUT2D eigenvalue weighted by Gasteiger charge is 2.26. The van der Waals surface area contributed by atoms with E-state index in [-0.39, 0.29) is 12.5 Å². The molecule has 21 heavy (non-hydrogen) atoms. The molecule has 3 rings (SSSR count). The van der Waals surface area contributed by atoms with Crippen molar-refractivity contribution in [3.05, 3.63) is 48.3 Å². The van der Waals surface area contributed by atoms with Gasteiger partial charge < -0.3 is 10.0 Å². The van der Waals surface area contributed by atoms with Crippen molar-refractivity contribution in [1.29, 1.82) is 0 Å². The Morgan fingerprint density at radius 1 is 1.33 bits per heavy atom. The van der Waals surface area contributed by atoms with Gasteiger partial charge in [-0.1, -0.05) is 0 Å². The maximum absolute atomic E-state index is 12.4. The summed E-state index contributed by atoms with van der Waals surface area (Å²) in [7, 11) is 0. The van der Waals surface area contributed by atoms with E-state index in [4.69, 9.17) is 5.11 Å². The summed E-state index contributed by atoms with van der Waals surface area (Å²) in [6.45, 7) is 1.73. The zero-order valence-corrected chi connectivity index (χ0v) is 11.9. The van der Waals surface area contributed by atoms with Crippen molar-refractivity contribution >= 4 is 5.91 Å². The van der Waals surface area contributed by atoms with Crippen LogP contribution in [0.1, 0.15) is 23.2 Å². The molecule has 0 saturated carbocycles. The normalized spacial score (nSPS) is 18.1. The van der Waals surface area contributed by atoms with Crippen molar-refractivity contribution in [3.8, 4) is 5.69 Å². The molecule has 0 radical (unpaired) electrons. The Labute approximate surface area is 123 Å². The summed E-state index contributed by atoms with van der Waals surface area (Å²) in [5.41, 5.74) is 1.65. The Hall–Kier alpha value is -2.14. The van der Waals surface area contributed by atoms with E-state index in [9.17, 15) is 4.79 Å². The zero-order chi connectivity index (χ0) is 14.7. The number of carbonyl (C=O) groups excluding carboxylic acids is 1. The van der Waals surface area contributed by atoms with Crippen LogP contribution in [0.4, 0.5) is 0 Å². The molecule has 1 aromatic heterocycles. The van der Waals surface area contributed by atoms with Gasteiger partial charge in [-0.3, -0.25) is 4.79 Å². The van der Waals surface area contributed by atoms with E-state index < -0.39 is 0 Å². The van der Waals surface area contributed by atoms with Crippen molar-refractivity contribution in [1.82, 2.24) is 14.7 Å².